The van der Waals surface area contributed by atoms with Crippen LogP contribution in [-0.4, -0.2) is 50.5 Å². The van der Waals surface area contributed by atoms with Gasteiger partial charge in [-0.1, -0.05) is 80.3 Å². The Hall–Kier alpha value is -2.24. The van der Waals surface area contributed by atoms with E-state index in [1.807, 2.05) is 41.3 Å². The second-order valence-electron chi connectivity index (χ2n) is 8.82. The first-order valence-electron chi connectivity index (χ1n) is 10.5. The average molecular weight is 409 g/mol. The monoisotopic (exact) mass is 408 g/mol. The van der Waals surface area contributed by atoms with E-state index in [0.717, 1.165) is 48.9 Å². The van der Waals surface area contributed by atoms with Gasteiger partial charge in [0.1, 0.15) is 12.8 Å². The van der Waals surface area contributed by atoms with E-state index in [0.29, 0.717) is 6.73 Å². The number of aliphatic imine (C=N–C) groups is 1. The van der Waals surface area contributed by atoms with Crippen LogP contribution in [0.25, 0.3) is 0 Å². The standard InChI is InChI=1S/C24H32N2O2Si/c1-29(2,3)18-17-28-19-26-16-10-15-22(24(26)27)25-23(20-11-6-4-7-12-20)21-13-8-5-9-14-21/h4-9,11-14,22H,10,15-19H2,1-3H3. The van der Waals surface area contributed by atoms with Gasteiger partial charge in [0.15, 0.2) is 0 Å². The molecule has 1 aliphatic heterocycles. The van der Waals surface area contributed by atoms with Gasteiger partial charge in [-0.2, -0.15) is 0 Å². The van der Waals surface area contributed by atoms with E-state index in [2.05, 4.69) is 43.9 Å². The molecular formula is C24H32N2O2Si. The summed E-state index contributed by atoms with van der Waals surface area (Å²) in [7, 11) is -1.12. The molecule has 0 N–H and O–H groups in total. The van der Waals surface area contributed by atoms with Crippen molar-refractivity contribution < 1.29 is 9.53 Å². The molecule has 5 heteroatoms. The van der Waals surface area contributed by atoms with Gasteiger partial charge in [-0.15, -0.1) is 0 Å². The highest BCUT2D eigenvalue weighted by Gasteiger charge is 2.29. The summed E-state index contributed by atoms with van der Waals surface area (Å²) >= 11 is 0. The molecule has 29 heavy (non-hydrogen) atoms. The van der Waals surface area contributed by atoms with Gasteiger partial charge in [-0.05, 0) is 18.9 Å². The van der Waals surface area contributed by atoms with Crippen LogP contribution in [0.3, 0.4) is 0 Å². The zero-order valence-electron chi connectivity index (χ0n) is 17.8. The summed E-state index contributed by atoms with van der Waals surface area (Å²) in [6.07, 6.45) is 1.74. The first-order chi connectivity index (χ1) is 13.9. The molecule has 0 radical (unpaired) electrons. The molecule has 0 bridgehead atoms. The fourth-order valence-corrected chi connectivity index (χ4v) is 4.14. The fraction of sp³-hybridized carbons (Fsp3) is 0.417. The third-order valence-corrected chi connectivity index (χ3v) is 6.83. The number of ether oxygens (including phenoxy) is 1. The van der Waals surface area contributed by atoms with E-state index in [9.17, 15) is 4.79 Å². The van der Waals surface area contributed by atoms with E-state index < -0.39 is 8.07 Å². The van der Waals surface area contributed by atoms with Gasteiger partial charge in [0, 0.05) is 32.4 Å². The first kappa shape index (κ1) is 21.5. The number of nitrogens with zero attached hydrogens (tertiary/aromatic N) is 2. The number of benzene rings is 2. The van der Waals surface area contributed by atoms with Crippen molar-refractivity contribution in [3.05, 3.63) is 71.8 Å². The Kier molecular flexibility index (Phi) is 7.39. The van der Waals surface area contributed by atoms with Crippen molar-refractivity contribution in [1.82, 2.24) is 4.90 Å². The summed E-state index contributed by atoms with van der Waals surface area (Å²) in [5.41, 5.74) is 2.95. The zero-order chi connectivity index (χ0) is 20.7. The van der Waals surface area contributed by atoms with Gasteiger partial charge in [-0.3, -0.25) is 9.79 Å². The van der Waals surface area contributed by atoms with E-state index in [-0.39, 0.29) is 11.9 Å². The quantitative estimate of drug-likeness (QED) is 0.357. The molecule has 2 aromatic carbocycles. The predicted octanol–water partition coefficient (Wildman–Crippen LogP) is 4.83. The molecule has 0 spiro atoms. The van der Waals surface area contributed by atoms with Gasteiger partial charge in [0.2, 0.25) is 5.91 Å². The lowest BCUT2D eigenvalue weighted by atomic mass is 10.00. The molecule has 1 unspecified atom stereocenters. The fourth-order valence-electron chi connectivity index (χ4n) is 3.38. The molecule has 0 aliphatic carbocycles. The van der Waals surface area contributed by atoms with Crippen LogP contribution >= 0.6 is 0 Å². The second-order valence-corrected chi connectivity index (χ2v) is 14.4. The van der Waals surface area contributed by atoms with Crippen LogP contribution < -0.4 is 0 Å². The number of carbonyl (C=O) groups excluding carboxylic acids is 1. The first-order valence-corrected chi connectivity index (χ1v) is 14.2. The number of hydrogen-bond acceptors (Lipinski definition) is 3. The molecule has 3 rings (SSSR count). The van der Waals surface area contributed by atoms with Crippen LogP contribution in [0.5, 0.6) is 0 Å². The summed E-state index contributed by atoms with van der Waals surface area (Å²) < 4.78 is 5.83. The maximum absolute atomic E-state index is 13.1. The van der Waals surface area contributed by atoms with Crippen LogP contribution in [0.1, 0.15) is 24.0 Å². The van der Waals surface area contributed by atoms with Gasteiger partial charge in [0.05, 0.1) is 5.71 Å². The SMILES string of the molecule is C[Si](C)(C)CCOCN1CCCC(N=C(c2ccccc2)c2ccccc2)C1=O. The molecule has 4 nitrogen and oxygen atoms in total. The van der Waals surface area contributed by atoms with Crippen molar-refractivity contribution in [2.75, 3.05) is 19.9 Å². The Balaban J connectivity index is 1.74. The number of rotatable bonds is 8. The highest BCUT2D eigenvalue weighted by molar-refractivity contribution is 6.76. The number of amides is 1. The average Bonchev–Trinajstić information content (AvgIpc) is 2.72. The van der Waals surface area contributed by atoms with E-state index in [4.69, 9.17) is 9.73 Å². The minimum Gasteiger partial charge on any atom is -0.361 e. The van der Waals surface area contributed by atoms with Crippen molar-refractivity contribution >= 4 is 19.7 Å². The van der Waals surface area contributed by atoms with Gasteiger partial charge < -0.3 is 9.64 Å². The molecule has 2 aromatic rings. The van der Waals surface area contributed by atoms with Crippen molar-refractivity contribution in [3.63, 3.8) is 0 Å². The normalized spacial score (nSPS) is 17.3. The zero-order valence-corrected chi connectivity index (χ0v) is 18.8. The summed E-state index contributed by atoms with van der Waals surface area (Å²) in [6, 6.07) is 21.0. The maximum atomic E-state index is 13.1. The van der Waals surface area contributed by atoms with E-state index >= 15 is 0 Å². The molecule has 0 saturated carbocycles. The Morgan fingerprint density at radius 1 is 1.03 bits per heavy atom. The maximum Gasteiger partial charge on any atom is 0.249 e. The summed E-state index contributed by atoms with van der Waals surface area (Å²) in [6.45, 7) is 8.86. The minimum atomic E-state index is -1.12. The van der Waals surface area contributed by atoms with Crippen LogP contribution in [-0.2, 0) is 9.53 Å². The van der Waals surface area contributed by atoms with Crippen LogP contribution in [0.2, 0.25) is 25.7 Å². The Morgan fingerprint density at radius 3 is 2.17 bits per heavy atom. The lowest BCUT2D eigenvalue weighted by Gasteiger charge is -2.31. The third-order valence-electron chi connectivity index (χ3n) is 5.13. The molecule has 1 fully saturated rings. The molecule has 1 amide bonds. The predicted molar refractivity (Wildman–Crippen MR) is 122 cm³/mol. The molecule has 1 aliphatic rings. The van der Waals surface area contributed by atoms with Crippen molar-refractivity contribution in [3.8, 4) is 0 Å². The molecule has 1 atom stereocenters. The smallest absolute Gasteiger partial charge is 0.249 e. The van der Waals surface area contributed by atoms with E-state index in [1.165, 1.54) is 0 Å². The molecule has 1 saturated heterocycles. The Morgan fingerprint density at radius 2 is 1.62 bits per heavy atom. The summed E-state index contributed by atoms with van der Waals surface area (Å²) in [4.78, 5) is 19.8. The van der Waals surface area contributed by atoms with Crippen molar-refractivity contribution in [1.29, 1.82) is 0 Å². The Labute approximate surface area is 175 Å². The molecule has 1 heterocycles. The summed E-state index contributed by atoms with van der Waals surface area (Å²) in [5.74, 6) is 0.0774. The number of carbonyl (C=O) groups is 1. The van der Waals surface area contributed by atoms with Crippen LogP contribution in [0.4, 0.5) is 0 Å². The number of likely N-dealkylation sites (tertiary alicyclic amines) is 1. The van der Waals surface area contributed by atoms with E-state index in [1.54, 1.807) is 0 Å². The highest BCUT2D eigenvalue weighted by atomic mass is 28.3. The van der Waals surface area contributed by atoms with Crippen LogP contribution in [0, 0.1) is 0 Å². The molecule has 154 valence electrons. The van der Waals surface area contributed by atoms with Crippen molar-refractivity contribution in [2.24, 2.45) is 4.99 Å². The largest absolute Gasteiger partial charge is 0.361 e. The van der Waals surface area contributed by atoms with Gasteiger partial charge in [-0.25, -0.2) is 0 Å². The van der Waals surface area contributed by atoms with Crippen LogP contribution in [0.15, 0.2) is 65.7 Å². The lowest BCUT2D eigenvalue weighted by molar-refractivity contribution is -0.140. The number of piperidine rings is 1. The minimum absolute atomic E-state index is 0.0774. The molecular weight excluding hydrogens is 376 g/mol. The van der Waals surface area contributed by atoms with Gasteiger partial charge >= 0.3 is 0 Å². The van der Waals surface area contributed by atoms with Crippen molar-refractivity contribution in [2.45, 2.75) is 44.6 Å². The second kappa shape index (κ2) is 9.99. The Bertz CT molecular complexity index is 774. The highest BCUT2D eigenvalue weighted by Crippen LogP contribution is 2.19. The molecule has 0 aromatic heterocycles. The summed E-state index contributed by atoms with van der Waals surface area (Å²) in [5, 5.41) is 0. The third kappa shape index (κ3) is 6.37. The topological polar surface area (TPSA) is 41.9 Å². The number of hydrogen-bond donors (Lipinski definition) is 0. The van der Waals surface area contributed by atoms with Gasteiger partial charge in [0.25, 0.3) is 0 Å². The lowest BCUT2D eigenvalue weighted by Crippen LogP contribution is -2.45.